The first kappa shape index (κ1) is 23.6. The maximum absolute atomic E-state index is 13.4. The van der Waals surface area contributed by atoms with Crippen molar-refractivity contribution in [3.63, 3.8) is 0 Å². The largest absolute Gasteiger partial charge is 0.481 e. The number of fused-ring (bicyclic) bond motifs is 2. The highest BCUT2D eigenvalue weighted by atomic mass is 32.1. The van der Waals surface area contributed by atoms with E-state index in [0.717, 1.165) is 39.4 Å². The Morgan fingerprint density at radius 1 is 1.11 bits per heavy atom. The Morgan fingerprint density at radius 2 is 1.80 bits per heavy atom. The second-order valence-electron chi connectivity index (χ2n) is 10.0. The van der Waals surface area contributed by atoms with Gasteiger partial charge >= 0.3 is 5.97 Å². The van der Waals surface area contributed by atoms with E-state index in [0.29, 0.717) is 30.9 Å². The SMILES string of the molecule is CN(C)C1CN(C(=O)c2ccc3sc(CCC(=O)C4(CC(=O)O)Cc5ccccc5C4)nc3c2)C1. The van der Waals surface area contributed by atoms with Gasteiger partial charge < -0.3 is 14.9 Å². The molecule has 1 N–H and O–H groups in total. The normalized spacial score (nSPS) is 16.9. The van der Waals surface area contributed by atoms with Crippen LogP contribution < -0.4 is 0 Å². The van der Waals surface area contributed by atoms with Gasteiger partial charge in [0.15, 0.2) is 0 Å². The number of carboxylic acid groups (broad SMARTS) is 1. The van der Waals surface area contributed by atoms with Gasteiger partial charge in [-0.1, -0.05) is 24.3 Å². The number of likely N-dealkylation sites (N-methyl/N-ethyl adjacent to an activating group) is 1. The highest BCUT2D eigenvalue weighted by Crippen LogP contribution is 2.41. The third kappa shape index (κ3) is 4.60. The van der Waals surface area contributed by atoms with Crippen molar-refractivity contribution in [1.29, 1.82) is 0 Å². The van der Waals surface area contributed by atoms with Crippen LogP contribution in [0.3, 0.4) is 0 Å². The van der Waals surface area contributed by atoms with Crippen LogP contribution in [0.15, 0.2) is 42.5 Å². The molecule has 1 amide bonds. The monoisotopic (exact) mass is 491 g/mol. The molecule has 1 fully saturated rings. The zero-order valence-corrected chi connectivity index (χ0v) is 20.8. The lowest BCUT2D eigenvalue weighted by Crippen LogP contribution is -2.59. The summed E-state index contributed by atoms with van der Waals surface area (Å²) in [5, 5.41) is 10.4. The number of aryl methyl sites for hydroxylation is 1. The van der Waals surface area contributed by atoms with E-state index in [-0.39, 0.29) is 24.5 Å². The van der Waals surface area contributed by atoms with E-state index in [1.54, 1.807) is 0 Å². The van der Waals surface area contributed by atoms with Crippen LogP contribution in [-0.2, 0) is 28.9 Å². The second-order valence-corrected chi connectivity index (χ2v) is 11.1. The molecule has 1 aliphatic heterocycles. The zero-order chi connectivity index (χ0) is 24.7. The maximum Gasteiger partial charge on any atom is 0.304 e. The molecule has 0 saturated carbocycles. The van der Waals surface area contributed by atoms with Gasteiger partial charge in [-0.15, -0.1) is 11.3 Å². The molecule has 1 aliphatic carbocycles. The number of nitrogens with zero attached hydrogens (tertiary/aromatic N) is 3. The zero-order valence-electron chi connectivity index (χ0n) is 20.0. The fraction of sp³-hybridized carbons (Fsp3) is 0.407. The van der Waals surface area contributed by atoms with Crippen LogP contribution in [0.2, 0.25) is 0 Å². The first-order chi connectivity index (χ1) is 16.7. The lowest BCUT2D eigenvalue weighted by molar-refractivity contribution is -0.144. The minimum atomic E-state index is -0.942. The van der Waals surface area contributed by atoms with E-state index in [1.807, 2.05) is 61.5 Å². The summed E-state index contributed by atoms with van der Waals surface area (Å²) in [7, 11) is 4.05. The first-order valence-electron chi connectivity index (χ1n) is 11.9. The number of hydrogen-bond donors (Lipinski definition) is 1. The van der Waals surface area contributed by atoms with Gasteiger partial charge in [0.05, 0.1) is 21.6 Å². The summed E-state index contributed by atoms with van der Waals surface area (Å²) < 4.78 is 0.979. The summed E-state index contributed by atoms with van der Waals surface area (Å²) in [5.41, 5.74) is 2.65. The number of rotatable bonds is 8. The molecule has 3 aromatic rings. The van der Waals surface area contributed by atoms with Crippen LogP contribution in [0, 0.1) is 5.41 Å². The van der Waals surface area contributed by atoms with Crippen LogP contribution in [0.5, 0.6) is 0 Å². The third-order valence-electron chi connectivity index (χ3n) is 7.38. The van der Waals surface area contributed by atoms with E-state index in [9.17, 15) is 19.5 Å². The predicted octanol–water partition coefficient (Wildman–Crippen LogP) is 3.44. The summed E-state index contributed by atoms with van der Waals surface area (Å²) in [5.74, 6) is -0.937. The van der Waals surface area contributed by atoms with Crippen LogP contribution >= 0.6 is 11.3 Å². The van der Waals surface area contributed by atoms with E-state index in [4.69, 9.17) is 4.98 Å². The molecule has 1 saturated heterocycles. The van der Waals surface area contributed by atoms with Gasteiger partial charge in [-0.25, -0.2) is 4.98 Å². The lowest BCUT2D eigenvalue weighted by Gasteiger charge is -2.42. The van der Waals surface area contributed by atoms with Crippen molar-refractivity contribution >= 4 is 39.2 Å². The number of ketones is 1. The highest BCUT2D eigenvalue weighted by molar-refractivity contribution is 7.18. The highest BCUT2D eigenvalue weighted by Gasteiger charge is 2.44. The summed E-state index contributed by atoms with van der Waals surface area (Å²) in [6.45, 7) is 1.46. The van der Waals surface area contributed by atoms with Gasteiger partial charge in [-0.05, 0) is 56.3 Å². The lowest BCUT2D eigenvalue weighted by atomic mass is 9.76. The summed E-state index contributed by atoms with van der Waals surface area (Å²) in [6, 6.07) is 13.8. The smallest absolute Gasteiger partial charge is 0.304 e. The molecule has 1 aromatic heterocycles. The van der Waals surface area contributed by atoms with Crippen molar-refractivity contribution < 1.29 is 19.5 Å². The minimum absolute atomic E-state index is 0.0144. The van der Waals surface area contributed by atoms with E-state index < -0.39 is 11.4 Å². The van der Waals surface area contributed by atoms with Gasteiger partial charge in [0.2, 0.25) is 0 Å². The Balaban J connectivity index is 1.27. The van der Waals surface area contributed by atoms with Gasteiger partial charge in [0, 0.05) is 43.0 Å². The summed E-state index contributed by atoms with van der Waals surface area (Å²) >= 11 is 1.52. The fourth-order valence-corrected chi connectivity index (χ4v) is 6.18. The number of hydrogen-bond acceptors (Lipinski definition) is 6. The first-order valence-corrected chi connectivity index (χ1v) is 12.7. The number of carbonyl (C=O) groups is 3. The van der Waals surface area contributed by atoms with Crippen LogP contribution in [-0.4, -0.2) is 70.8 Å². The quantitative estimate of drug-likeness (QED) is 0.519. The number of aliphatic carboxylic acids is 1. The number of aromatic nitrogens is 1. The van der Waals surface area contributed by atoms with E-state index in [1.165, 1.54) is 11.3 Å². The predicted molar refractivity (Wildman–Crippen MR) is 135 cm³/mol. The van der Waals surface area contributed by atoms with Crippen molar-refractivity contribution in [3.8, 4) is 0 Å². The summed E-state index contributed by atoms with van der Waals surface area (Å²) in [6.07, 6.45) is 1.52. The van der Waals surface area contributed by atoms with Gasteiger partial charge in [-0.3, -0.25) is 14.4 Å². The van der Waals surface area contributed by atoms with E-state index in [2.05, 4.69) is 4.90 Å². The third-order valence-corrected chi connectivity index (χ3v) is 8.48. The van der Waals surface area contributed by atoms with Crippen molar-refractivity contribution in [2.45, 2.75) is 38.1 Å². The Bertz CT molecular complexity index is 1280. The molecule has 35 heavy (non-hydrogen) atoms. The molecular formula is C27H29N3O4S. The molecule has 5 rings (SSSR count). The van der Waals surface area contributed by atoms with E-state index >= 15 is 0 Å². The van der Waals surface area contributed by atoms with Crippen molar-refractivity contribution in [3.05, 3.63) is 64.2 Å². The average Bonchev–Trinajstić information content (AvgIpc) is 3.36. The molecule has 7 nitrogen and oxygen atoms in total. The number of amides is 1. The molecule has 8 heteroatoms. The van der Waals surface area contributed by atoms with Gasteiger partial charge in [0.25, 0.3) is 5.91 Å². The fourth-order valence-electron chi connectivity index (χ4n) is 5.24. The molecule has 0 bridgehead atoms. The van der Waals surface area contributed by atoms with Crippen LogP contribution in [0.25, 0.3) is 10.2 Å². The molecule has 182 valence electrons. The number of benzene rings is 2. The minimum Gasteiger partial charge on any atom is -0.481 e. The van der Waals surface area contributed by atoms with Crippen molar-refractivity contribution in [1.82, 2.24) is 14.8 Å². The molecular weight excluding hydrogens is 462 g/mol. The number of thiazole rings is 1. The summed E-state index contributed by atoms with van der Waals surface area (Å²) in [4.78, 5) is 46.5. The number of likely N-dealkylation sites (tertiary alicyclic amines) is 1. The Labute approximate surface area is 208 Å². The standard InChI is InChI=1S/C27H29N3O4S/c1-29(2)20-15-30(16-20)26(34)17-7-8-22-21(11-17)28-24(35-22)10-9-23(31)27(14-25(32)33)12-18-5-3-4-6-19(18)13-27/h3-8,11,20H,9-10,12-16H2,1-2H3,(H,32,33). The molecule has 0 radical (unpaired) electrons. The Morgan fingerprint density at radius 3 is 2.43 bits per heavy atom. The average molecular weight is 492 g/mol. The number of carbonyl (C=O) groups excluding carboxylic acids is 2. The molecule has 0 unspecified atom stereocenters. The molecule has 0 atom stereocenters. The maximum atomic E-state index is 13.4. The second kappa shape index (κ2) is 9.17. The Hall–Kier alpha value is -3.10. The van der Waals surface area contributed by atoms with Gasteiger partial charge in [-0.2, -0.15) is 0 Å². The topological polar surface area (TPSA) is 90.8 Å². The van der Waals surface area contributed by atoms with Crippen LogP contribution in [0.4, 0.5) is 0 Å². The van der Waals surface area contributed by atoms with Crippen LogP contribution in [0.1, 0.15) is 39.3 Å². The number of Topliss-reactive ketones (excluding diaryl/α,β-unsaturated/α-hetero) is 1. The Kier molecular flexibility index (Phi) is 6.19. The number of carboxylic acids is 1. The molecule has 0 spiro atoms. The van der Waals surface area contributed by atoms with Gasteiger partial charge in [0.1, 0.15) is 5.78 Å². The van der Waals surface area contributed by atoms with Crippen molar-refractivity contribution in [2.75, 3.05) is 27.2 Å². The molecule has 2 aliphatic rings. The molecule has 2 aromatic carbocycles. The molecule has 2 heterocycles. The van der Waals surface area contributed by atoms with Crippen molar-refractivity contribution in [2.24, 2.45) is 5.41 Å².